The average Bonchev–Trinajstić information content (AvgIpc) is 2.49. The highest BCUT2D eigenvalue weighted by Crippen LogP contribution is 2.22. The summed E-state index contributed by atoms with van der Waals surface area (Å²) < 4.78 is 1.09. The van der Waals surface area contributed by atoms with Gasteiger partial charge in [0.15, 0.2) is 0 Å². The van der Waals surface area contributed by atoms with Crippen LogP contribution in [0.3, 0.4) is 0 Å². The van der Waals surface area contributed by atoms with Gasteiger partial charge in [0, 0.05) is 16.4 Å². The minimum absolute atomic E-state index is 0.101. The molecule has 0 unspecified atom stereocenters. The largest absolute Gasteiger partial charge is 0.274 e. The van der Waals surface area contributed by atoms with Crippen molar-refractivity contribution in [1.29, 1.82) is 0 Å². The number of anilines is 1. The van der Waals surface area contributed by atoms with Gasteiger partial charge in [0.05, 0.1) is 5.69 Å². The lowest BCUT2D eigenvalue weighted by molar-refractivity contribution is -0.121. The summed E-state index contributed by atoms with van der Waals surface area (Å²) in [6.07, 6.45) is 0.676. The van der Waals surface area contributed by atoms with Gasteiger partial charge in [0.25, 0.3) is 0 Å². The molecule has 1 aromatic carbocycles. The van der Waals surface area contributed by atoms with E-state index in [1.165, 1.54) is 4.90 Å². The Hall–Kier alpha value is -0.910. The Labute approximate surface area is 95.2 Å². The van der Waals surface area contributed by atoms with Gasteiger partial charge >= 0.3 is 0 Å². The number of imide groups is 1. The Morgan fingerprint density at radius 1 is 1.00 bits per heavy atom. The molecule has 1 fully saturated rings. The van der Waals surface area contributed by atoms with Crippen molar-refractivity contribution in [2.75, 3.05) is 4.90 Å². The molecule has 1 heterocycles. The van der Waals surface area contributed by atoms with Crippen molar-refractivity contribution in [3.05, 3.63) is 27.8 Å². The third-order valence-electron chi connectivity index (χ3n) is 2.14. The Balaban J connectivity index is 2.34. The Morgan fingerprint density at radius 3 is 2.00 bits per heavy atom. The molecule has 0 bridgehead atoms. The van der Waals surface area contributed by atoms with Crippen molar-refractivity contribution in [2.45, 2.75) is 12.8 Å². The molecule has 1 aliphatic rings. The number of carbonyl (C=O) groups excluding carboxylic acids is 2. The molecule has 1 aromatic rings. The van der Waals surface area contributed by atoms with Crippen LogP contribution < -0.4 is 4.90 Å². The number of nitrogens with zero attached hydrogens (tertiary/aromatic N) is 1. The molecule has 0 N–H and O–H groups in total. The first-order valence-corrected chi connectivity index (χ1v) is 5.38. The molecule has 3 nitrogen and oxygen atoms in total. The third-order valence-corrected chi connectivity index (χ3v) is 2.86. The molecule has 0 atom stereocenters. The molecule has 2 rings (SSSR count). The molecule has 0 radical (unpaired) electrons. The average molecular weight is 301 g/mol. The molecule has 0 aromatic heterocycles. The molecule has 0 spiro atoms. The monoisotopic (exact) mass is 301 g/mol. The number of benzene rings is 1. The van der Waals surface area contributed by atoms with Gasteiger partial charge in [0.1, 0.15) is 0 Å². The maximum atomic E-state index is 11.4. The number of halogens is 1. The molecule has 14 heavy (non-hydrogen) atoms. The number of amides is 2. The molecule has 1 aliphatic heterocycles. The zero-order chi connectivity index (χ0) is 10.1. The number of hydrogen-bond donors (Lipinski definition) is 0. The van der Waals surface area contributed by atoms with Gasteiger partial charge in [0.2, 0.25) is 11.8 Å². The highest BCUT2D eigenvalue weighted by molar-refractivity contribution is 14.1. The summed E-state index contributed by atoms with van der Waals surface area (Å²) in [5.41, 5.74) is 0.679. The minimum atomic E-state index is -0.101. The summed E-state index contributed by atoms with van der Waals surface area (Å²) >= 11 is 2.18. The van der Waals surface area contributed by atoms with Gasteiger partial charge in [-0.1, -0.05) is 0 Å². The van der Waals surface area contributed by atoms with Gasteiger partial charge in [-0.25, -0.2) is 0 Å². The molecular formula is C10H8INO2. The smallest absolute Gasteiger partial charge is 0.234 e. The van der Waals surface area contributed by atoms with Gasteiger partial charge in [-0.3, -0.25) is 14.5 Å². The van der Waals surface area contributed by atoms with Crippen molar-refractivity contribution in [3.8, 4) is 0 Å². The van der Waals surface area contributed by atoms with Crippen LogP contribution in [0.15, 0.2) is 24.3 Å². The van der Waals surface area contributed by atoms with E-state index in [2.05, 4.69) is 22.6 Å². The summed E-state index contributed by atoms with van der Waals surface area (Å²) in [6, 6.07) is 7.36. The lowest BCUT2D eigenvalue weighted by Crippen LogP contribution is -2.28. The van der Waals surface area contributed by atoms with Crippen LogP contribution in [0.25, 0.3) is 0 Å². The van der Waals surface area contributed by atoms with Gasteiger partial charge in [-0.2, -0.15) is 0 Å². The van der Waals surface area contributed by atoms with Crippen LogP contribution >= 0.6 is 22.6 Å². The summed E-state index contributed by atoms with van der Waals surface area (Å²) in [6.45, 7) is 0. The quantitative estimate of drug-likeness (QED) is 0.587. The maximum absolute atomic E-state index is 11.4. The van der Waals surface area contributed by atoms with Crippen molar-refractivity contribution >= 4 is 40.1 Å². The standard InChI is InChI=1S/C10H8INO2/c11-7-1-3-8(4-2-7)12-9(13)5-6-10(12)14/h1-4H,5-6H2. The summed E-state index contributed by atoms with van der Waals surface area (Å²) in [7, 11) is 0. The highest BCUT2D eigenvalue weighted by Gasteiger charge is 2.29. The second kappa shape index (κ2) is 3.68. The fourth-order valence-electron chi connectivity index (χ4n) is 1.45. The zero-order valence-electron chi connectivity index (χ0n) is 7.37. The number of rotatable bonds is 1. The van der Waals surface area contributed by atoms with E-state index in [1.54, 1.807) is 12.1 Å². The van der Waals surface area contributed by atoms with Crippen LogP contribution in [-0.2, 0) is 9.59 Å². The van der Waals surface area contributed by atoms with Gasteiger partial charge in [-0.05, 0) is 46.9 Å². The first-order valence-electron chi connectivity index (χ1n) is 4.30. The Morgan fingerprint density at radius 2 is 1.50 bits per heavy atom. The van der Waals surface area contributed by atoms with Crippen molar-refractivity contribution in [3.63, 3.8) is 0 Å². The maximum Gasteiger partial charge on any atom is 0.234 e. The fourth-order valence-corrected chi connectivity index (χ4v) is 1.81. The van der Waals surface area contributed by atoms with E-state index < -0.39 is 0 Å². The van der Waals surface area contributed by atoms with Gasteiger partial charge < -0.3 is 0 Å². The second-order valence-electron chi connectivity index (χ2n) is 3.10. The van der Waals surface area contributed by atoms with Crippen LogP contribution in [0, 0.1) is 3.57 Å². The lowest BCUT2D eigenvalue weighted by Gasteiger charge is -2.13. The van der Waals surface area contributed by atoms with E-state index >= 15 is 0 Å². The lowest BCUT2D eigenvalue weighted by atomic mass is 10.3. The minimum Gasteiger partial charge on any atom is -0.274 e. The summed E-state index contributed by atoms with van der Waals surface area (Å²) in [5.74, 6) is -0.201. The summed E-state index contributed by atoms with van der Waals surface area (Å²) in [5, 5.41) is 0. The highest BCUT2D eigenvalue weighted by atomic mass is 127. The predicted molar refractivity (Wildman–Crippen MR) is 60.9 cm³/mol. The molecular weight excluding hydrogens is 293 g/mol. The zero-order valence-corrected chi connectivity index (χ0v) is 9.52. The van der Waals surface area contributed by atoms with Crippen molar-refractivity contribution in [1.82, 2.24) is 0 Å². The Kier molecular flexibility index (Phi) is 2.54. The van der Waals surface area contributed by atoms with Crippen molar-refractivity contribution < 1.29 is 9.59 Å². The number of hydrogen-bond acceptors (Lipinski definition) is 2. The molecule has 0 aliphatic carbocycles. The normalized spacial score (nSPS) is 16.5. The molecule has 0 saturated carbocycles. The summed E-state index contributed by atoms with van der Waals surface area (Å²) in [4.78, 5) is 24.0. The molecule has 72 valence electrons. The molecule has 2 amide bonds. The fraction of sp³-hybridized carbons (Fsp3) is 0.200. The Bertz CT molecular complexity index is 370. The topological polar surface area (TPSA) is 37.4 Å². The van der Waals surface area contributed by atoms with Crippen LogP contribution in [0.5, 0.6) is 0 Å². The first-order chi connectivity index (χ1) is 6.68. The van der Waals surface area contributed by atoms with Crippen molar-refractivity contribution in [2.24, 2.45) is 0 Å². The van der Waals surface area contributed by atoms with Crippen LogP contribution in [0.2, 0.25) is 0 Å². The molecule has 4 heteroatoms. The van der Waals surface area contributed by atoms with E-state index in [9.17, 15) is 9.59 Å². The first kappa shape index (κ1) is 9.64. The molecule has 1 saturated heterocycles. The van der Waals surface area contributed by atoms with Crippen LogP contribution in [-0.4, -0.2) is 11.8 Å². The van der Waals surface area contributed by atoms with Crippen LogP contribution in [0.4, 0.5) is 5.69 Å². The number of carbonyl (C=O) groups is 2. The third kappa shape index (κ3) is 1.66. The van der Waals surface area contributed by atoms with E-state index in [1.807, 2.05) is 12.1 Å². The van der Waals surface area contributed by atoms with Crippen LogP contribution in [0.1, 0.15) is 12.8 Å². The predicted octanol–water partition coefficient (Wildman–Crippen LogP) is 1.94. The van der Waals surface area contributed by atoms with E-state index in [0.717, 1.165) is 3.57 Å². The van der Waals surface area contributed by atoms with E-state index in [-0.39, 0.29) is 11.8 Å². The van der Waals surface area contributed by atoms with E-state index in [4.69, 9.17) is 0 Å². The SMILES string of the molecule is O=C1CCC(=O)N1c1ccc(I)cc1. The van der Waals surface area contributed by atoms with Gasteiger partial charge in [-0.15, -0.1) is 0 Å². The second-order valence-corrected chi connectivity index (χ2v) is 4.34. The van der Waals surface area contributed by atoms with E-state index in [0.29, 0.717) is 18.5 Å².